The highest BCUT2D eigenvalue weighted by Crippen LogP contribution is 2.42. The summed E-state index contributed by atoms with van der Waals surface area (Å²) in [7, 11) is 0. The molecule has 0 saturated carbocycles. The summed E-state index contributed by atoms with van der Waals surface area (Å²) in [6.07, 6.45) is 0.876. The Bertz CT molecular complexity index is 897. The van der Waals surface area contributed by atoms with E-state index in [-0.39, 0.29) is 23.3 Å². The monoisotopic (exact) mass is 441 g/mol. The Morgan fingerprint density at radius 3 is 2.29 bits per heavy atom. The van der Waals surface area contributed by atoms with Crippen LogP contribution in [0.4, 0.5) is 10.5 Å². The van der Waals surface area contributed by atoms with E-state index >= 15 is 0 Å². The number of hydrogen-bond donors (Lipinski definition) is 2. The molecule has 1 fully saturated rings. The molecule has 0 aliphatic carbocycles. The van der Waals surface area contributed by atoms with Gasteiger partial charge in [0.25, 0.3) is 0 Å². The number of carbonyl (C=O) groups excluding carboxylic acids is 2. The van der Waals surface area contributed by atoms with Gasteiger partial charge in [0.1, 0.15) is 6.04 Å². The minimum atomic E-state index is -0.577. The Labute approximate surface area is 190 Å². The molecule has 0 radical (unpaired) electrons. The van der Waals surface area contributed by atoms with Gasteiger partial charge in [-0.3, -0.25) is 4.79 Å². The van der Waals surface area contributed by atoms with E-state index in [1.807, 2.05) is 61.2 Å². The highest BCUT2D eigenvalue weighted by Gasteiger charge is 2.40. The lowest BCUT2D eigenvalue weighted by Crippen LogP contribution is -2.56. The van der Waals surface area contributed by atoms with Crippen LogP contribution in [0.1, 0.15) is 45.6 Å². The van der Waals surface area contributed by atoms with Crippen LogP contribution in [0.2, 0.25) is 5.02 Å². The van der Waals surface area contributed by atoms with E-state index < -0.39 is 6.04 Å². The SMILES string of the molecule is CC(C)[C@@H](NC(=O)Nc1ccccc1)C(=O)N1CCC(c2ccc(Cl)cc2)C(C)(C)C1. The molecule has 3 rings (SSSR count). The van der Waals surface area contributed by atoms with Crippen molar-refractivity contribution < 1.29 is 9.59 Å². The first-order chi connectivity index (χ1) is 14.7. The van der Waals surface area contributed by atoms with Gasteiger partial charge in [-0.2, -0.15) is 0 Å². The second-order valence-corrected chi connectivity index (χ2v) is 9.76. The molecule has 1 unspecified atom stereocenters. The first-order valence-electron chi connectivity index (χ1n) is 10.8. The van der Waals surface area contributed by atoms with E-state index in [0.717, 1.165) is 11.4 Å². The summed E-state index contributed by atoms with van der Waals surface area (Å²) >= 11 is 6.05. The number of piperidine rings is 1. The third-order valence-corrected chi connectivity index (χ3v) is 6.32. The van der Waals surface area contributed by atoms with Gasteiger partial charge < -0.3 is 15.5 Å². The lowest BCUT2D eigenvalue weighted by atomic mass is 9.70. The van der Waals surface area contributed by atoms with Gasteiger partial charge in [-0.25, -0.2) is 4.79 Å². The van der Waals surface area contributed by atoms with Crippen LogP contribution in [0, 0.1) is 11.3 Å². The summed E-state index contributed by atoms with van der Waals surface area (Å²) in [5, 5.41) is 6.42. The molecule has 0 spiro atoms. The summed E-state index contributed by atoms with van der Waals surface area (Å²) < 4.78 is 0. The van der Waals surface area contributed by atoms with Crippen LogP contribution in [-0.4, -0.2) is 36.0 Å². The molecule has 2 atom stereocenters. The number of benzene rings is 2. The molecule has 2 N–H and O–H groups in total. The fourth-order valence-electron chi connectivity index (χ4n) is 4.40. The summed E-state index contributed by atoms with van der Waals surface area (Å²) in [6, 6.07) is 16.3. The van der Waals surface area contributed by atoms with Gasteiger partial charge >= 0.3 is 6.03 Å². The average Bonchev–Trinajstić information content (AvgIpc) is 2.72. The van der Waals surface area contributed by atoms with E-state index in [9.17, 15) is 9.59 Å². The van der Waals surface area contributed by atoms with Crippen LogP contribution >= 0.6 is 11.6 Å². The molecule has 31 heavy (non-hydrogen) atoms. The Morgan fingerprint density at radius 1 is 1.06 bits per heavy atom. The van der Waals surface area contributed by atoms with Crippen LogP contribution in [0.25, 0.3) is 0 Å². The van der Waals surface area contributed by atoms with E-state index in [4.69, 9.17) is 11.6 Å². The summed E-state index contributed by atoms with van der Waals surface area (Å²) in [4.78, 5) is 27.8. The minimum Gasteiger partial charge on any atom is -0.340 e. The van der Waals surface area contributed by atoms with Crippen LogP contribution in [-0.2, 0) is 4.79 Å². The highest BCUT2D eigenvalue weighted by atomic mass is 35.5. The molecule has 1 saturated heterocycles. The van der Waals surface area contributed by atoms with Gasteiger partial charge in [-0.05, 0) is 53.5 Å². The van der Waals surface area contributed by atoms with Gasteiger partial charge in [0, 0.05) is 23.8 Å². The van der Waals surface area contributed by atoms with Crippen LogP contribution in [0.3, 0.4) is 0 Å². The number of nitrogens with one attached hydrogen (secondary N) is 2. The molecule has 2 aromatic carbocycles. The molecule has 3 amide bonds. The van der Waals surface area contributed by atoms with Crippen molar-refractivity contribution in [3.63, 3.8) is 0 Å². The lowest BCUT2D eigenvalue weighted by molar-refractivity contribution is -0.137. The molecule has 1 heterocycles. The fourth-order valence-corrected chi connectivity index (χ4v) is 4.52. The Morgan fingerprint density at radius 2 is 1.71 bits per heavy atom. The highest BCUT2D eigenvalue weighted by molar-refractivity contribution is 6.30. The van der Waals surface area contributed by atoms with E-state index in [2.05, 4.69) is 36.6 Å². The summed E-state index contributed by atoms with van der Waals surface area (Å²) in [6.45, 7) is 9.62. The average molecular weight is 442 g/mol. The Kier molecular flexibility index (Phi) is 7.26. The quantitative estimate of drug-likeness (QED) is 0.640. The molecular formula is C25H32ClN3O2. The third-order valence-electron chi connectivity index (χ3n) is 6.06. The molecule has 6 heteroatoms. The van der Waals surface area contributed by atoms with Crippen molar-refractivity contribution in [2.24, 2.45) is 11.3 Å². The zero-order valence-corrected chi connectivity index (χ0v) is 19.4. The van der Waals surface area contributed by atoms with Crippen molar-refractivity contribution in [3.8, 4) is 0 Å². The van der Waals surface area contributed by atoms with E-state index in [1.54, 1.807) is 0 Å². The first kappa shape index (κ1) is 23.1. The molecule has 0 aromatic heterocycles. The maximum atomic E-state index is 13.4. The maximum Gasteiger partial charge on any atom is 0.319 e. The van der Waals surface area contributed by atoms with Crippen molar-refractivity contribution in [2.45, 2.75) is 46.1 Å². The van der Waals surface area contributed by atoms with Gasteiger partial charge in [0.2, 0.25) is 5.91 Å². The van der Waals surface area contributed by atoms with E-state index in [1.165, 1.54) is 5.56 Å². The lowest BCUT2D eigenvalue weighted by Gasteiger charge is -2.45. The predicted octanol–water partition coefficient (Wildman–Crippen LogP) is 5.53. The smallest absolute Gasteiger partial charge is 0.319 e. The Balaban J connectivity index is 1.67. The largest absolute Gasteiger partial charge is 0.340 e. The van der Waals surface area contributed by atoms with Crippen LogP contribution < -0.4 is 10.6 Å². The minimum absolute atomic E-state index is 0.0221. The number of urea groups is 1. The maximum absolute atomic E-state index is 13.4. The molecule has 0 bridgehead atoms. The van der Waals surface area contributed by atoms with Crippen molar-refractivity contribution in [1.82, 2.24) is 10.2 Å². The number of halogens is 1. The number of anilines is 1. The normalized spacial score (nSPS) is 19.0. The van der Waals surface area contributed by atoms with Gasteiger partial charge in [0.05, 0.1) is 0 Å². The number of amides is 3. The molecule has 2 aromatic rings. The number of rotatable bonds is 5. The third kappa shape index (κ3) is 5.79. The van der Waals surface area contributed by atoms with Crippen LogP contribution in [0.15, 0.2) is 54.6 Å². The van der Waals surface area contributed by atoms with Crippen molar-refractivity contribution in [2.75, 3.05) is 18.4 Å². The topological polar surface area (TPSA) is 61.4 Å². The number of nitrogens with zero attached hydrogens (tertiary/aromatic N) is 1. The second-order valence-electron chi connectivity index (χ2n) is 9.33. The van der Waals surface area contributed by atoms with Crippen molar-refractivity contribution in [3.05, 3.63) is 65.2 Å². The summed E-state index contributed by atoms with van der Waals surface area (Å²) in [5.41, 5.74) is 1.86. The van der Waals surface area contributed by atoms with E-state index in [0.29, 0.717) is 24.7 Å². The summed E-state index contributed by atoms with van der Waals surface area (Å²) in [5.74, 6) is 0.299. The van der Waals surface area contributed by atoms with Crippen LogP contribution in [0.5, 0.6) is 0 Å². The van der Waals surface area contributed by atoms with Gasteiger partial charge in [-0.15, -0.1) is 0 Å². The van der Waals surface area contributed by atoms with Gasteiger partial charge in [0.15, 0.2) is 0 Å². The standard InChI is InChI=1S/C25H32ClN3O2/c1-17(2)22(28-24(31)27-20-8-6-5-7-9-20)23(30)29-15-14-21(25(3,4)16-29)18-10-12-19(26)13-11-18/h5-13,17,21-22H,14-16H2,1-4H3,(H2,27,28,31)/t21?,22-/m1/s1. The zero-order valence-electron chi connectivity index (χ0n) is 18.7. The first-order valence-corrected chi connectivity index (χ1v) is 11.2. The predicted molar refractivity (Wildman–Crippen MR) is 126 cm³/mol. The molecule has 1 aliphatic heterocycles. The van der Waals surface area contributed by atoms with Crippen molar-refractivity contribution >= 4 is 29.2 Å². The number of carbonyl (C=O) groups is 2. The number of hydrogen-bond acceptors (Lipinski definition) is 2. The molecule has 5 nitrogen and oxygen atoms in total. The zero-order chi connectivity index (χ0) is 22.6. The second kappa shape index (κ2) is 9.73. The van der Waals surface area contributed by atoms with Gasteiger partial charge in [-0.1, -0.05) is 69.6 Å². The fraction of sp³-hybridized carbons (Fsp3) is 0.440. The Hall–Kier alpha value is -2.53. The number of para-hydroxylation sites is 1. The molecular weight excluding hydrogens is 410 g/mol. The van der Waals surface area contributed by atoms with Crippen molar-refractivity contribution in [1.29, 1.82) is 0 Å². The molecule has 166 valence electrons. The number of likely N-dealkylation sites (tertiary alicyclic amines) is 1. The molecule has 1 aliphatic rings.